The SMILES string of the molecule is COc1ccc(C(O)CCC(=O)Nc2cc(F)ccc2F)c(OC)c1. The first-order chi connectivity index (χ1) is 11.9. The van der Waals surface area contributed by atoms with Crippen LogP contribution in [-0.4, -0.2) is 25.2 Å². The third-order valence-electron chi connectivity index (χ3n) is 3.65. The Bertz CT molecular complexity index is 752. The molecule has 2 aromatic carbocycles. The van der Waals surface area contributed by atoms with Gasteiger partial charge < -0.3 is 19.9 Å². The predicted molar refractivity (Wildman–Crippen MR) is 88.7 cm³/mol. The summed E-state index contributed by atoms with van der Waals surface area (Å²) in [6, 6.07) is 7.74. The zero-order valence-corrected chi connectivity index (χ0v) is 13.9. The minimum atomic E-state index is -0.955. The Morgan fingerprint density at radius 1 is 1.16 bits per heavy atom. The molecule has 1 atom stereocenters. The van der Waals surface area contributed by atoms with Crippen molar-refractivity contribution in [2.45, 2.75) is 18.9 Å². The Morgan fingerprint density at radius 2 is 1.92 bits per heavy atom. The first-order valence-electron chi connectivity index (χ1n) is 7.59. The molecule has 0 radical (unpaired) electrons. The summed E-state index contributed by atoms with van der Waals surface area (Å²) >= 11 is 0. The lowest BCUT2D eigenvalue weighted by Crippen LogP contribution is -2.14. The van der Waals surface area contributed by atoms with Crippen LogP contribution in [0, 0.1) is 11.6 Å². The van der Waals surface area contributed by atoms with E-state index in [1.807, 2.05) is 0 Å². The Kier molecular flexibility index (Phi) is 6.30. The van der Waals surface area contributed by atoms with Gasteiger partial charge in [-0.05, 0) is 30.7 Å². The first-order valence-corrected chi connectivity index (χ1v) is 7.59. The molecule has 134 valence electrons. The van der Waals surface area contributed by atoms with Crippen LogP contribution < -0.4 is 14.8 Å². The number of aliphatic hydroxyl groups excluding tert-OH is 1. The van der Waals surface area contributed by atoms with Gasteiger partial charge in [-0.15, -0.1) is 0 Å². The fourth-order valence-electron chi connectivity index (χ4n) is 2.32. The average Bonchev–Trinajstić information content (AvgIpc) is 2.62. The molecule has 2 aromatic rings. The summed E-state index contributed by atoms with van der Waals surface area (Å²) < 4.78 is 36.9. The molecule has 0 aliphatic rings. The van der Waals surface area contributed by atoms with Crippen LogP contribution in [0.4, 0.5) is 14.5 Å². The minimum absolute atomic E-state index is 0.0771. The van der Waals surface area contributed by atoms with Crippen LogP contribution in [0.1, 0.15) is 24.5 Å². The predicted octanol–water partition coefficient (Wildman–Crippen LogP) is 3.43. The van der Waals surface area contributed by atoms with Crippen LogP contribution in [0.3, 0.4) is 0 Å². The molecule has 0 saturated carbocycles. The van der Waals surface area contributed by atoms with Gasteiger partial charge in [-0.1, -0.05) is 0 Å². The molecule has 0 aliphatic carbocycles. The lowest BCUT2D eigenvalue weighted by Gasteiger charge is -2.15. The van der Waals surface area contributed by atoms with Crippen molar-refractivity contribution in [3.8, 4) is 11.5 Å². The van der Waals surface area contributed by atoms with Crippen LogP contribution in [-0.2, 0) is 4.79 Å². The second-order valence-electron chi connectivity index (χ2n) is 5.33. The second kappa shape index (κ2) is 8.43. The molecule has 0 heterocycles. The molecule has 2 N–H and O–H groups in total. The second-order valence-corrected chi connectivity index (χ2v) is 5.33. The van der Waals surface area contributed by atoms with Crippen molar-refractivity contribution in [3.05, 3.63) is 53.6 Å². The molecule has 25 heavy (non-hydrogen) atoms. The monoisotopic (exact) mass is 351 g/mol. The zero-order chi connectivity index (χ0) is 18.4. The number of methoxy groups -OCH3 is 2. The van der Waals surface area contributed by atoms with E-state index in [1.165, 1.54) is 14.2 Å². The third-order valence-corrected chi connectivity index (χ3v) is 3.65. The van der Waals surface area contributed by atoms with Gasteiger partial charge in [0.05, 0.1) is 26.0 Å². The van der Waals surface area contributed by atoms with Gasteiger partial charge >= 0.3 is 0 Å². The maximum Gasteiger partial charge on any atom is 0.224 e. The molecule has 0 spiro atoms. The number of carbonyl (C=O) groups excluding carboxylic acids is 1. The molecule has 7 heteroatoms. The summed E-state index contributed by atoms with van der Waals surface area (Å²) in [5, 5.41) is 12.6. The maximum absolute atomic E-state index is 13.5. The van der Waals surface area contributed by atoms with Crippen molar-refractivity contribution in [3.63, 3.8) is 0 Å². The fourth-order valence-corrected chi connectivity index (χ4v) is 2.32. The average molecular weight is 351 g/mol. The number of amides is 1. The number of nitrogens with one attached hydrogen (secondary N) is 1. The lowest BCUT2D eigenvalue weighted by molar-refractivity contribution is -0.116. The molecule has 0 saturated heterocycles. The van der Waals surface area contributed by atoms with E-state index in [0.29, 0.717) is 17.1 Å². The number of benzene rings is 2. The van der Waals surface area contributed by atoms with Crippen LogP contribution in [0.5, 0.6) is 11.5 Å². The van der Waals surface area contributed by atoms with Gasteiger partial charge in [0.15, 0.2) is 0 Å². The fraction of sp³-hybridized carbons (Fsp3) is 0.278. The normalized spacial score (nSPS) is 11.7. The number of ether oxygens (including phenoxy) is 2. The van der Waals surface area contributed by atoms with Crippen molar-refractivity contribution in [2.75, 3.05) is 19.5 Å². The molecule has 1 amide bonds. The number of aliphatic hydroxyl groups is 1. The molecule has 1 unspecified atom stereocenters. The van der Waals surface area contributed by atoms with Crippen LogP contribution in [0.15, 0.2) is 36.4 Å². The highest BCUT2D eigenvalue weighted by Crippen LogP contribution is 2.31. The van der Waals surface area contributed by atoms with Gasteiger partial charge in [0.2, 0.25) is 5.91 Å². The number of rotatable bonds is 7. The van der Waals surface area contributed by atoms with Gasteiger partial charge in [-0.25, -0.2) is 8.78 Å². The van der Waals surface area contributed by atoms with E-state index < -0.39 is 23.6 Å². The van der Waals surface area contributed by atoms with E-state index in [-0.39, 0.29) is 18.5 Å². The number of carbonyl (C=O) groups is 1. The van der Waals surface area contributed by atoms with Crippen molar-refractivity contribution >= 4 is 11.6 Å². The first kappa shape index (κ1) is 18.7. The topological polar surface area (TPSA) is 67.8 Å². The van der Waals surface area contributed by atoms with E-state index in [0.717, 1.165) is 18.2 Å². The Balaban J connectivity index is 1.98. The van der Waals surface area contributed by atoms with Crippen molar-refractivity contribution in [1.82, 2.24) is 0 Å². The van der Waals surface area contributed by atoms with Gasteiger partial charge in [0.25, 0.3) is 0 Å². The van der Waals surface area contributed by atoms with Gasteiger partial charge in [0.1, 0.15) is 23.1 Å². The molecule has 0 fully saturated rings. The molecule has 0 bridgehead atoms. The summed E-state index contributed by atoms with van der Waals surface area (Å²) in [7, 11) is 2.98. The smallest absolute Gasteiger partial charge is 0.224 e. The van der Waals surface area contributed by atoms with Crippen LogP contribution in [0.25, 0.3) is 0 Å². The van der Waals surface area contributed by atoms with E-state index in [9.17, 15) is 18.7 Å². The highest BCUT2D eigenvalue weighted by Gasteiger charge is 2.16. The van der Waals surface area contributed by atoms with E-state index in [4.69, 9.17) is 9.47 Å². The standard InChI is InChI=1S/C18H19F2NO4/c1-24-12-4-5-13(17(10-12)25-2)16(22)7-8-18(23)21-15-9-11(19)3-6-14(15)20/h3-6,9-10,16,22H,7-8H2,1-2H3,(H,21,23). The summed E-state index contributed by atoms with van der Waals surface area (Å²) in [6.45, 7) is 0. The van der Waals surface area contributed by atoms with Crippen LogP contribution in [0.2, 0.25) is 0 Å². The lowest BCUT2D eigenvalue weighted by atomic mass is 10.0. The third kappa shape index (κ3) is 4.90. The van der Waals surface area contributed by atoms with E-state index in [1.54, 1.807) is 18.2 Å². The molecule has 2 rings (SSSR count). The molecular formula is C18H19F2NO4. The Morgan fingerprint density at radius 3 is 2.60 bits per heavy atom. The molecule has 5 nitrogen and oxygen atoms in total. The highest BCUT2D eigenvalue weighted by atomic mass is 19.1. The summed E-state index contributed by atoms with van der Waals surface area (Å²) in [5.41, 5.74) is 0.273. The number of halogens is 2. The van der Waals surface area contributed by atoms with Crippen molar-refractivity contribution < 1.29 is 28.2 Å². The van der Waals surface area contributed by atoms with Gasteiger partial charge in [0, 0.05) is 24.1 Å². The molecule has 0 aliphatic heterocycles. The van der Waals surface area contributed by atoms with Crippen molar-refractivity contribution in [2.24, 2.45) is 0 Å². The van der Waals surface area contributed by atoms with Crippen LogP contribution >= 0.6 is 0 Å². The quantitative estimate of drug-likeness (QED) is 0.802. The maximum atomic E-state index is 13.5. The van der Waals surface area contributed by atoms with E-state index in [2.05, 4.69) is 5.32 Å². The van der Waals surface area contributed by atoms with Gasteiger partial charge in [-0.2, -0.15) is 0 Å². The highest BCUT2D eigenvalue weighted by molar-refractivity contribution is 5.90. The zero-order valence-electron chi connectivity index (χ0n) is 13.9. The number of hydrogen-bond acceptors (Lipinski definition) is 4. The minimum Gasteiger partial charge on any atom is -0.497 e. The largest absolute Gasteiger partial charge is 0.497 e. The Hall–Kier alpha value is -2.67. The summed E-state index contributed by atoms with van der Waals surface area (Å²) in [5.74, 6) is -0.904. The van der Waals surface area contributed by atoms with E-state index >= 15 is 0 Å². The Labute approximate surface area is 144 Å². The summed E-state index contributed by atoms with van der Waals surface area (Å²) in [4.78, 5) is 11.9. The number of hydrogen-bond donors (Lipinski definition) is 2. The van der Waals surface area contributed by atoms with Crippen molar-refractivity contribution in [1.29, 1.82) is 0 Å². The van der Waals surface area contributed by atoms with Gasteiger partial charge in [-0.3, -0.25) is 4.79 Å². The summed E-state index contributed by atoms with van der Waals surface area (Å²) in [6.07, 6.45) is -0.943. The number of anilines is 1. The molecular weight excluding hydrogens is 332 g/mol. The molecule has 0 aromatic heterocycles.